The zero-order valence-corrected chi connectivity index (χ0v) is 26.6. The van der Waals surface area contributed by atoms with Crippen molar-refractivity contribution in [2.75, 3.05) is 38.5 Å². The molecule has 3 N–H and O–H groups in total. The molecule has 2 heterocycles. The van der Waals surface area contributed by atoms with Gasteiger partial charge < -0.3 is 30.0 Å². The van der Waals surface area contributed by atoms with E-state index < -0.39 is 44.5 Å². The monoisotopic (exact) mass is 625 g/mol. The number of carbonyl (C=O) groups excluding carboxylic acids is 2. The number of amides is 1. The van der Waals surface area contributed by atoms with Crippen molar-refractivity contribution >= 4 is 27.9 Å². The van der Waals surface area contributed by atoms with Crippen molar-refractivity contribution in [3.63, 3.8) is 0 Å². The van der Waals surface area contributed by atoms with Crippen LogP contribution in [-0.2, 0) is 35.3 Å². The van der Waals surface area contributed by atoms with Gasteiger partial charge >= 0.3 is 18.0 Å². The highest BCUT2D eigenvalue weighted by Gasteiger charge is 2.47. The van der Waals surface area contributed by atoms with E-state index in [1.165, 1.54) is 0 Å². The van der Waals surface area contributed by atoms with E-state index in [-0.39, 0.29) is 24.7 Å². The number of carboxylic acids is 1. The third-order valence-electron chi connectivity index (χ3n) is 7.64. The number of nitrogens with zero attached hydrogens (tertiary/aromatic N) is 2. The third-order valence-corrected chi connectivity index (χ3v) is 9.90. The fraction of sp³-hybridized carbons (Fsp3) is 0.700. The van der Waals surface area contributed by atoms with Crippen LogP contribution in [0.4, 0.5) is 4.79 Å². The Labute approximate surface area is 254 Å². The van der Waals surface area contributed by atoms with Gasteiger partial charge in [-0.05, 0) is 77.2 Å². The maximum Gasteiger partial charge on any atom is 0.410 e. The molecule has 1 aromatic rings. The third kappa shape index (κ3) is 9.54. The summed E-state index contributed by atoms with van der Waals surface area (Å²) in [6.07, 6.45) is 3.17. The first-order chi connectivity index (χ1) is 20.1. The number of benzene rings is 1. The Morgan fingerprint density at radius 3 is 2.37 bits per heavy atom. The summed E-state index contributed by atoms with van der Waals surface area (Å²) < 4.78 is 42.3. The number of ether oxygens (including phenoxy) is 3. The number of cyclic esters (lactones) is 1. The number of carboxylic acid groups (broad SMARTS) is 1. The number of carbonyl (C=O) groups is 3. The zero-order chi connectivity index (χ0) is 31.8. The van der Waals surface area contributed by atoms with E-state index in [1.54, 1.807) is 29.2 Å². The zero-order valence-electron chi connectivity index (χ0n) is 25.7. The van der Waals surface area contributed by atoms with Crippen LogP contribution in [0.2, 0.25) is 0 Å². The first-order valence-corrected chi connectivity index (χ1v) is 16.7. The molecule has 1 aromatic carbocycles. The molecule has 0 radical (unpaired) electrons. The second-order valence-electron chi connectivity index (χ2n) is 12.4. The largest absolute Gasteiger partial charge is 0.490 e. The second kappa shape index (κ2) is 14.7. The fourth-order valence-corrected chi connectivity index (χ4v) is 6.89. The van der Waals surface area contributed by atoms with E-state index in [0.29, 0.717) is 43.7 Å². The quantitative estimate of drug-likeness (QED) is 0.275. The first-order valence-electron chi connectivity index (χ1n) is 15.0. The van der Waals surface area contributed by atoms with Gasteiger partial charge in [0.05, 0.1) is 12.3 Å². The van der Waals surface area contributed by atoms with E-state index >= 15 is 0 Å². The van der Waals surface area contributed by atoms with Crippen molar-refractivity contribution in [3.8, 4) is 5.75 Å². The van der Waals surface area contributed by atoms with E-state index in [2.05, 4.69) is 4.90 Å². The maximum absolute atomic E-state index is 13.0. The van der Waals surface area contributed by atoms with Gasteiger partial charge in [0, 0.05) is 13.0 Å². The number of likely N-dealkylation sites (tertiary alicyclic amines) is 1. The molecule has 3 unspecified atom stereocenters. The van der Waals surface area contributed by atoms with Crippen LogP contribution in [0.5, 0.6) is 5.75 Å². The molecule has 0 bridgehead atoms. The second-order valence-corrected chi connectivity index (χ2v) is 14.8. The lowest BCUT2D eigenvalue weighted by Crippen LogP contribution is -2.57. The Kier molecular flexibility index (Phi) is 11.8. The van der Waals surface area contributed by atoms with E-state index in [4.69, 9.17) is 19.9 Å². The number of unbranched alkanes of at least 4 members (excludes halogenated alkanes) is 1. The summed E-state index contributed by atoms with van der Waals surface area (Å²) in [7, 11) is -4.09. The Morgan fingerprint density at radius 2 is 1.79 bits per heavy atom. The van der Waals surface area contributed by atoms with Crippen LogP contribution in [0.15, 0.2) is 24.3 Å². The molecule has 43 heavy (non-hydrogen) atoms. The van der Waals surface area contributed by atoms with E-state index in [1.807, 2.05) is 27.7 Å². The number of rotatable bonds is 15. The van der Waals surface area contributed by atoms with Crippen LogP contribution >= 0.6 is 0 Å². The Morgan fingerprint density at radius 1 is 1.14 bits per heavy atom. The molecule has 3 atom stereocenters. The van der Waals surface area contributed by atoms with Gasteiger partial charge in [0.2, 0.25) is 4.87 Å². The molecular formula is C30H47N3O9S. The molecule has 2 aliphatic rings. The Bertz CT molecular complexity index is 1210. The van der Waals surface area contributed by atoms with Gasteiger partial charge in [-0.1, -0.05) is 31.9 Å². The normalized spacial score (nSPS) is 20.3. The highest BCUT2D eigenvalue weighted by Crippen LogP contribution is 2.24. The molecule has 0 saturated carbocycles. The van der Waals surface area contributed by atoms with Gasteiger partial charge in [-0.3, -0.25) is 9.69 Å². The van der Waals surface area contributed by atoms with Crippen molar-refractivity contribution in [2.45, 2.75) is 95.3 Å². The SMILES string of the molecule is CCCCS(=O)(=O)C(N)(Cc1ccc(OCC2CN(CCC(C(=O)OC(C)(C)C)N3CCCCC3)C(=O)O2)cc1)C(=O)O. The van der Waals surface area contributed by atoms with E-state index in [9.17, 15) is 27.9 Å². The number of hydrogen-bond acceptors (Lipinski definition) is 10. The van der Waals surface area contributed by atoms with Crippen molar-refractivity contribution in [2.24, 2.45) is 5.73 Å². The molecule has 3 rings (SSSR count). The number of hydrogen-bond donors (Lipinski definition) is 2. The maximum atomic E-state index is 13.0. The molecular weight excluding hydrogens is 578 g/mol. The summed E-state index contributed by atoms with van der Waals surface area (Å²) in [6, 6.07) is 5.89. The molecule has 0 spiro atoms. The van der Waals surface area contributed by atoms with Crippen molar-refractivity contribution in [1.82, 2.24) is 9.80 Å². The summed E-state index contributed by atoms with van der Waals surface area (Å²) in [5, 5.41) is 9.64. The molecule has 2 saturated heterocycles. The van der Waals surface area contributed by atoms with Crippen LogP contribution in [0.3, 0.4) is 0 Å². The molecule has 12 nitrogen and oxygen atoms in total. The number of esters is 1. The van der Waals surface area contributed by atoms with E-state index in [0.717, 1.165) is 32.4 Å². The average molecular weight is 626 g/mol. The lowest BCUT2D eigenvalue weighted by molar-refractivity contribution is -0.162. The summed E-state index contributed by atoms with van der Waals surface area (Å²) >= 11 is 0. The smallest absolute Gasteiger partial charge is 0.410 e. The summed E-state index contributed by atoms with van der Waals surface area (Å²) in [4.78, 5) is 38.7. The standard InChI is InChI=1S/C30H47N3O9S/c1-5-6-18-43(38,39)30(31,27(35)36)19-22-10-12-23(13-11-22)40-21-24-20-33(28(37)41-24)17-14-25(26(34)42-29(2,3)4)32-15-8-7-9-16-32/h10-13,24-25H,5-9,14-21,31H2,1-4H3,(H,35,36). The predicted octanol–water partition coefficient (Wildman–Crippen LogP) is 2.97. The molecule has 2 fully saturated rings. The predicted molar refractivity (Wildman–Crippen MR) is 160 cm³/mol. The van der Waals surface area contributed by atoms with Crippen LogP contribution in [-0.4, -0.2) is 103 Å². The summed E-state index contributed by atoms with van der Waals surface area (Å²) in [5.74, 6) is -1.73. The summed E-state index contributed by atoms with van der Waals surface area (Å²) in [6.45, 7) is 9.72. The number of aliphatic carboxylic acids is 1. The van der Waals surface area contributed by atoms with Gasteiger partial charge in [0.15, 0.2) is 15.9 Å². The van der Waals surface area contributed by atoms with Crippen LogP contribution in [0.1, 0.15) is 71.8 Å². The van der Waals surface area contributed by atoms with Gasteiger partial charge in [-0.25, -0.2) is 18.0 Å². The van der Waals surface area contributed by atoms with Crippen molar-refractivity contribution in [3.05, 3.63) is 29.8 Å². The van der Waals surface area contributed by atoms with Gasteiger partial charge in [-0.2, -0.15) is 0 Å². The minimum absolute atomic E-state index is 0.0879. The first kappa shape index (κ1) is 34.6. The topological polar surface area (TPSA) is 166 Å². The highest BCUT2D eigenvalue weighted by molar-refractivity contribution is 7.93. The average Bonchev–Trinajstić information content (AvgIpc) is 3.30. The molecule has 0 aromatic heterocycles. The Hall–Kier alpha value is -2.90. The molecule has 2 aliphatic heterocycles. The Balaban J connectivity index is 1.54. The number of piperidine rings is 1. The number of sulfone groups is 1. The highest BCUT2D eigenvalue weighted by atomic mass is 32.2. The summed E-state index contributed by atoms with van der Waals surface area (Å²) in [5.41, 5.74) is 5.76. The van der Waals surface area contributed by atoms with Gasteiger partial charge in [-0.15, -0.1) is 0 Å². The minimum Gasteiger partial charge on any atom is -0.490 e. The lowest BCUT2D eigenvalue weighted by atomic mass is 10.1. The molecule has 0 aliphatic carbocycles. The molecule has 1 amide bonds. The molecule has 242 valence electrons. The van der Waals surface area contributed by atoms with Crippen LogP contribution < -0.4 is 10.5 Å². The van der Waals surface area contributed by atoms with Crippen LogP contribution in [0, 0.1) is 0 Å². The number of nitrogens with two attached hydrogens (primary N) is 1. The van der Waals surface area contributed by atoms with Crippen LogP contribution in [0.25, 0.3) is 0 Å². The lowest BCUT2D eigenvalue weighted by Gasteiger charge is -2.35. The van der Waals surface area contributed by atoms with Crippen molar-refractivity contribution < 1.29 is 42.1 Å². The minimum atomic E-state index is -4.09. The van der Waals surface area contributed by atoms with Gasteiger partial charge in [0.25, 0.3) is 0 Å². The van der Waals surface area contributed by atoms with Crippen molar-refractivity contribution in [1.29, 1.82) is 0 Å². The molecule has 13 heteroatoms. The van der Waals surface area contributed by atoms with Gasteiger partial charge in [0.1, 0.15) is 24.0 Å². The fourth-order valence-electron chi connectivity index (χ4n) is 5.20.